The van der Waals surface area contributed by atoms with Gasteiger partial charge in [0.05, 0.1) is 32.0 Å². The van der Waals surface area contributed by atoms with E-state index < -0.39 is 49.5 Å². The maximum atomic E-state index is 13.0. The second-order valence-electron chi connectivity index (χ2n) is 18.6. The average molecular weight is 922 g/mol. The summed E-state index contributed by atoms with van der Waals surface area (Å²) in [5.41, 5.74) is 0. The molecular formula is C54H99NO10. The van der Waals surface area contributed by atoms with Crippen LogP contribution in [0.1, 0.15) is 232 Å². The SMILES string of the molecule is CCC/C=C\C/C=C\CCCCCCCC(=O)OCCCCCCCCCCCCCCCCCC(=O)NC(COC1OC(CO)C(O)C(O)C1O)C(O)/C=C/CCCCCCCCC. The Hall–Kier alpha value is -2.12. The van der Waals surface area contributed by atoms with Gasteiger partial charge in [0.25, 0.3) is 0 Å². The maximum Gasteiger partial charge on any atom is 0.305 e. The van der Waals surface area contributed by atoms with Gasteiger partial charge in [-0.05, 0) is 57.8 Å². The summed E-state index contributed by atoms with van der Waals surface area (Å²) < 4.78 is 16.6. The number of amides is 1. The summed E-state index contributed by atoms with van der Waals surface area (Å²) in [6.45, 7) is 4.20. The lowest BCUT2D eigenvalue weighted by Gasteiger charge is -2.40. The Labute approximate surface area is 396 Å². The molecule has 0 aromatic heterocycles. The van der Waals surface area contributed by atoms with Crippen LogP contribution in [0.2, 0.25) is 0 Å². The summed E-state index contributed by atoms with van der Waals surface area (Å²) >= 11 is 0. The number of allylic oxidation sites excluding steroid dienone is 5. The standard InChI is InChI=1S/C54H99NO10/c1-3-5-7-9-11-13-14-18-22-26-30-34-38-42-50(59)63-43-39-35-31-27-23-20-17-15-16-19-21-25-29-33-37-41-49(58)55-46(47(57)40-36-32-28-24-12-10-8-6-4-2)45-64-54-53(62)52(61)51(60)48(44-56)65-54/h7,9,13-14,36,40,46-48,51-54,56-57,60-62H,3-6,8,10-12,15-35,37-39,41-45H2,1-2H3,(H,55,58)/b9-7-,14-13-,40-36+. The van der Waals surface area contributed by atoms with Crippen LogP contribution in [0.3, 0.4) is 0 Å². The summed E-state index contributed by atoms with van der Waals surface area (Å²) in [7, 11) is 0. The molecule has 0 spiro atoms. The number of hydrogen-bond acceptors (Lipinski definition) is 10. The lowest BCUT2D eigenvalue weighted by atomic mass is 9.99. The molecule has 0 saturated carbocycles. The van der Waals surface area contributed by atoms with Crippen molar-refractivity contribution in [2.75, 3.05) is 19.8 Å². The molecule has 380 valence electrons. The number of ether oxygens (including phenoxy) is 3. The summed E-state index contributed by atoms with van der Waals surface area (Å²) in [6.07, 6.45) is 42.3. The first-order chi connectivity index (χ1) is 31.7. The fourth-order valence-corrected chi connectivity index (χ4v) is 8.18. The summed E-state index contributed by atoms with van der Waals surface area (Å²) in [6, 6.07) is -0.815. The van der Waals surface area contributed by atoms with E-state index in [1.807, 2.05) is 6.08 Å². The quantitative estimate of drug-likeness (QED) is 0.0196. The number of esters is 1. The minimum Gasteiger partial charge on any atom is -0.466 e. The van der Waals surface area contributed by atoms with Crippen LogP contribution in [0, 0.1) is 0 Å². The third kappa shape index (κ3) is 34.8. The van der Waals surface area contributed by atoms with Gasteiger partial charge in [0.1, 0.15) is 24.4 Å². The number of aliphatic hydroxyl groups is 5. The predicted molar refractivity (Wildman–Crippen MR) is 264 cm³/mol. The van der Waals surface area contributed by atoms with Gasteiger partial charge in [-0.15, -0.1) is 0 Å². The van der Waals surface area contributed by atoms with Crippen molar-refractivity contribution in [1.29, 1.82) is 0 Å². The lowest BCUT2D eigenvalue weighted by molar-refractivity contribution is -0.302. The van der Waals surface area contributed by atoms with Crippen LogP contribution in [0.15, 0.2) is 36.5 Å². The Morgan fingerprint density at radius 1 is 0.569 bits per heavy atom. The van der Waals surface area contributed by atoms with Crippen molar-refractivity contribution >= 4 is 11.9 Å². The normalized spacial score (nSPS) is 20.0. The molecule has 1 aliphatic heterocycles. The number of carbonyl (C=O) groups excluding carboxylic acids is 2. The molecule has 1 fully saturated rings. The smallest absolute Gasteiger partial charge is 0.305 e. The van der Waals surface area contributed by atoms with E-state index in [9.17, 15) is 35.1 Å². The Kier molecular flexibility index (Phi) is 41.6. The molecule has 11 heteroatoms. The highest BCUT2D eigenvalue weighted by Crippen LogP contribution is 2.23. The first-order valence-corrected chi connectivity index (χ1v) is 26.8. The fourth-order valence-electron chi connectivity index (χ4n) is 8.18. The van der Waals surface area contributed by atoms with Crippen LogP contribution in [0.4, 0.5) is 0 Å². The molecule has 0 aromatic carbocycles. The Balaban J connectivity index is 2.09. The largest absolute Gasteiger partial charge is 0.466 e. The van der Waals surface area contributed by atoms with E-state index >= 15 is 0 Å². The summed E-state index contributed by atoms with van der Waals surface area (Å²) in [5.74, 6) is -0.229. The predicted octanol–water partition coefficient (Wildman–Crippen LogP) is 11.2. The zero-order chi connectivity index (χ0) is 47.4. The second-order valence-corrected chi connectivity index (χ2v) is 18.6. The number of carbonyl (C=O) groups is 2. The van der Waals surface area contributed by atoms with E-state index in [-0.39, 0.29) is 18.5 Å². The van der Waals surface area contributed by atoms with Crippen molar-refractivity contribution in [2.24, 2.45) is 0 Å². The van der Waals surface area contributed by atoms with E-state index in [0.29, 0.717) is 19.4 Å². The third-order valence-electron chi connectivity index (χ3n) is 12.5. The topological polar surface area (TPSA) is 175 Å². The van der Waals surface area contributed by atoms with Crippen molar-refractivity contribution in [3.05, 3.63) is 36.5 Å². The molecule has 0 aliphatic carbocycles. The highest BCUT2D eigenvalue weighted by atomic mass is 16.7. The van der Waals surface area contributed by atoms with Crippen molar-refractivity contribution < 1.29 is 49.3 Å². The lowest BCUT2D eigenvalue weighted by Crippen LogP contribution is -2.60. The Morgan fingerprint density at radius 2 is 1.06 bits per heavy atom. The first-order valence-electron chi connectivity index (χ1n) is 26.8. The van der Waals surface area contributed by atoms with Gasteiger partial charge in [-0.2, -0.15) is 0 Å². The van der Waals surface area contributed by atoms with Crippen LogP contribution in [0.5, 0.6) is 0 Å². The maximum absolute atomic E-state index is 13.0. The molecule has 1 heterocycles. The number of hydrogen-bond donors (Lipinski definition) is 6. The molecule has 0 radical (unpaired) electrons. The van der Waals surface area contributed by atoms with Crippen molar-refractivity contribution in [2.45, 2.75) is 275 Å². The molecule has 65 heavy (non-hydrogen) atoms. The number of aliphatic hydroxyl groups excluding tert-OH is 5. The summed E-state index contributed by atoms with van der Waals surface area (Å²) in [4.78, 5) is 25.0. The van der Waals surface area contributed by atoms with Crippen molar-refractivity contribution in [3.63, 3.8) is 0 Å². The fraction of sp³-hybridized carbons (Fsp3) is 0.852. The minimum atomic E-state index is -1.57. The Morgan fingerprint density at radius 3 is 1.62 bits per heavy atom. The highest BCUT2D eigenvalue weighted by molar-refractivity contribution is 5.76. The molecule has 1 rings (SSSR count). The summed E-state index contributed by atoms with van der Waals surface area (Å²) in [5, 5.41) is 54.1. The molecule has 0 bridgehead atoms. The monoisotopic (exact) mass is 922 g/mol. The molecule has 11 nitrogen and oxygen atoms in total. The zero-order valence-electron chi connectivity index (χ0n) is 41.4. The van der Waals surface area contributed by atoms with Gasteiger partial charge in [-0.3, -0.25) is 9.59 Å². The van der Waals surface area contributed by atoms with Crippen LogP contribution in [-0.2, 0) is 23.8 Å². The van der Waals surface area contributed by atoms with Crippen molar-refractivity contribution in [3.8, 4) is 0 Å². The van der Waals surface area contributed by atoms with Crippen LogP contribution in [0.25, 0.3) is 0 Å². The van der Waals surface area contributed by atoms with E-state index in [2.05, 4.69) is 43.5 Å². The zero-order valence-corrected chi connectivity index (χ0v) is 41.4. The van der Waals surface area contributed by atoms with Crippen LogP contribution >= 0.6 is 0 Å². The average Bonchev–Trinajstić information content (AvgIpc) is 3.30. The van der Waals surface area contributed by atoms with Gasteiger partial charge in [0.15, 0.2) is 6.29 Å². The number of nitrogens with one attached hydrogen (secondary N) is 1. The second kappa shape index (κ2) is 44.4. The molecule has 7 atom stereocenters. The van der Waals surface area contributed by atoms with Gasteiger partial charge in [-0.1, -0.05) is 198 Å². The van der Waals surface area contributed by atoms with Gasteiger partial charge in [0, 0.05) is 12.8 Å². The highest BCUT2D eigenvalue weighted by Gasteiger charge is 2.44. The van der Waals surface area contributed by atoms with Crippen molar-refractivity contribution in [1.82, 2.24) is 5.32 Å². The Bertz CT molecular complexity index is 1180. The molecule has 1 aliphatic rings. The number of unbranched alkanes of at least 4 members (excludes halogenated alkanes) is 27. The minimum absolute atomic E-state index is 0.0347. The molecule has 0 aromatic rings. The van der Waals surface area contributed by atoms with Gasteiger partial charge < -0.3 is 45.1 Å². The first kappa shape index (κ1) is 60.9. The van der Waals surface area contributed by atoms with Gasteiger partial charge >= 0.3 is 5.97 Å². The van der Waals surface area contributed by atoms with Gasteiger partial charge in [0.2, 0.25) is 5.91 Å². The molecule has 7 unspecified atom stereocenters. The van der Waals surface area contributed by atoms with Crippen LogP contribution in [-0.4, -0.2) is 100 Å². The van der Waals surface area contributed by atoms with E-state index in [1.165, 1.54) is 122 Å². The van der Waals surface area contributed by atoms with Gasteiger partial charge in [-0.25, -0.2) is 0 Å². The van der Waals surface area contributed by atoms with E-state index in [1.54, 1.807) is 6.08 Å². The molecule has 6 N–H and O–H groups in total. The van der Waals surface area contributed by atoms with Crippen LogP contribution < -0.4 is 5.32 Å². The molecular weight excluding hydrogens is 823 g/mol. The number of rotatable bonds is 45. The van der Waals surface area contributed by atoms with E-state index in [4.69, 9.17) is 14.2 Å². The van der Waals surface area contributed by atoms with E-state index in [0.717, 1.165) is 83.5 Å². The third-order valence-corrected chi connectivity index (χ3v) is 12.5. The molecule has 1 amide bonds. The molecule has 1 saturated heterocycles.